The number of carbonyl (C=O) groups excluding carboxylic acids is 1. The predicted octanol–water partition coefficient (Wildman–Crippen LogP) is 2.18. The van der Waals surface area contributed by atoms with E-state index in [0.29, 0.717) is 17.1 Å². The molecule has 0 atom stereocenters. The standard InChI is InChI=1S/C15H20N2O3/c1-15(2,3)17-13(18)9-19-14-10-6-4-5-7-11(10)20-12(14)8-16/h4-7H,8-9,16H2,1-3H3,(H,17,18). The van der Waals surface area contributed by atoms with Crippen molar-refractivity contribution in [2.24, 2.45) is 5.73 Å². The third kappa shape index (κ3) is 3.30. The van der Waals surface area contributed by atoms with Crippen LogP contribution < -0.4 is 15.8 Å². The number of para-hydroxylation sites is 1. The van der Waals surface area contributed by atoms with Crippen molar-refractivity contribution in [1.82, 2.24) is 5.32 Å². The summed E-state index contributed by atoms with van der Waals surface area (Å²) in [7, 11) is 0. The van der Waals surface area contributed by atoms with Crippen molar-refractivity contribution in [2.45, 2.75) is 32.9 Å². The van der Waals surface area contributed by atoms with Crippen molar-refractivity contribution >= 4 is 16.9 Å². The van der Waals surface area contributed by atoms with Crippen molar-refractivity contribution in [3.05, 3.63) is 30.0 Å². The molecule has 0 aliphatic heterocycles. The maximum Gasteiger partial charge on any atom is 0.258 e. The molecule has 5 nitrogen and oxygen atoms in total. The molecular formula is C15H20N2O3. The lowest BCUT2D eigenvalue weighted by atomic mass is 10.1. The molecule has 0 bridgehead atoms. The fourth-order valence-electron chi connectivity index (χ4n) is 1.96. The van der Waals surface area contributed by atoms with Gasteiger partial charge >= 0.3 is 0 Å². The van der Waals surface area contributed by atoms with E-state index < -0.39 is 0 Å². The average molecular weight is 276 g/mol. The molecule has 1 amide bonds. The molecule has 1 heterocycles. The maximum absolute atomic E-state index is 11.8. The van der Waals surface area contributed by atoms with Gasteiger partial charge in [0.1, 0.15) is 5.58 Å². The smallest absolute Gasteiger partial charge is 0.258 e. The van der Waals surface area contributed by atoms with E-state index in [2.05, 4.69) is 5.32 Å². The Morgan fingerprint density at radius 1 is 1.35 bits per heavy atom. The SMILES string of the molecule is CC(C)(C)NC(=O)COc1c(CN)oc2ccccc12. The highest BCUT2D eigenvalue weighted by atomic mass is 16.5. The molecule has 0 radical (unpaired) electrons. The Morgan fingerprint density at radius 3 is 2.70 bits per heavy atom. The normalized spacial score (nSPS) is 11.6. The van der Waals surface area contributed by atoms with Gasteiger partial charge in [0.25, 0.3) is 5.91 Å². The zero-order valence-electron chi connectivity index (χ0n) is 12.0. The van der Waals surface area contributed by atoms with E-state index in [9.17, 15) is 4.79 Å². The lowest BCUT2D eigenvalue weighted by Gasteiger charge is -2.20. The lowest BCUT2D eigenvalue weighted by molar-refractivity contribution is -0.124. The van der Waals surface area contributed by atoms with Gasteiger partial charge in [-0.05, 0) is 32.9 Å². The molecule has 0 spiro atoms. The summed E-state index contributed by atoms with van der Waals surface area (Å²) in [4.78, 5) is 11.8. The largest absolute Gasteiger partial charge is 0.479 e. The highest BCUT2D eigenvalue weighted by Gasteiger charge is 2.17. The summed E-state index contributed by atoms with van der Waals surface area (Å²) >= 11 is 0. The van der Waals surface area contributed by atoms with E-state index in [1.165, 1.54) is 0 Å². The quantitative estimate of drug-likeness (QED) is 0.897. The monoisotopic (exact) mass is 276 g/mol. The van der Waals surface area contributed by atoms with Gasteiger partial charge in [-0.15, -0.1) is 0 Å². The molecule has 0 aliphatic rings. The summed E-state index contributed by atoms with van der Waals surface area (Å²) in [6, 6.07) is 7.49. The second-order valence-electron chi connectivity index (χ2n) is 5.64. The second kappa shape index (κ2) is 5.54. The van der Waals surface area contributed by atoms with Crippen LogP contribution >= 0.6 is 0 Å². The van der Waals surface area contributed by atoms with Gasteiger partial charge < -0.3 is 20.2 Å². The van der Waals surface area contributed by atoms with Crippen LogP contribution in [-0.4, -0.2) is 18.1 Å². The number of ether oxygens (including phenoxy) is 1. The first-order chi connectivity index (χ1) is 9.40. The molecular weight excluding hydrogens is 256 g/mol. The number of furan rings is 1. The topological polar surface area (TPSA) is 77.5 Å². The minimum Gasteiger partial charge on any atom is -0.479 e. The Morgan fingerprint density at radius 2 is 2.05 bits per heavy atom. The number of amides is 1. The molecule has 20 heavy (non-hydrogen) atoms. The van der Waals surface area contributed by atoms with Crippen molar-refractivity contribution in [1.29, 1.82) is 0 Å². The van der Waals surface area contributed by atoms with Crippen molar-refractivity contribution in [2.75, 3.05) is 6.61 Å². The van der Waals surface area contributed by atoms with E-state index in [1.54, 1.807) is 0 Å². The van der Waals surface area contributed by atoms with Crippen molar-refractivity contribution in [3.63, 3.8) is 0 Å². The van der Waals surface area contributed by atoms with Crippen LogP contribution in [0.3, 0.4) is 0 Å². The Labute approximate surface area is 118 Å². The van der Waals surface area contributed by atoms with Gasteiger partial charge in [-0.25, -0.2) is 0 Å². The first-order valence-corrected chi connectivity index (χ1v) is 6.55. The summed E-state index contributed by atoms with van der Waals surface area (Å²) in [5, 5.41) is 3.67. The summed E-state index contributed by atoms with van der Waals surface area (Å²) in [5.41, 5.74) is 6.07. The molecule has 3 N–H and O–H groups in total. The van der Waals surface area contributed by atoms with E-state index in [-0.39, 0.29) is 24.6 Å². The highest BCUT2D eigenvalue weighted by Crippen LogP contribution is 2.32. The lowest BCUT2D eigenvalue weighted by Crippen LogP contribution is -2.43. The third-order valence-corrected chi connectivity index (χ3v) is 2.67. The maximum atomic E-state index is 11.8. The van der Waals surface area contributed by atoms with Gasteiger partial charge in [0.2, 0.25) is 0 Å². The summed E-state index contributed by atoms with van der Waals surface area (Å²) in [5.74, 6) is 0.924. The van der Waals surface area contributed by atoms with Gasteiger partial charge in [-0.1, -0.05) is 12.1 Å². The molecule has 0 aliphatic carbocycles. The molecule has 1 aromatic heterocycles. The summed E-state index contributed by atoms with van der Waals surface area (Å²) in [6.07, 6.45) is 0. The number of benzene rings is 1. The van der Waals surface area contributed by atoms with Crippen LogP contribution in [-0.2, 0) is 11.3 Å². The van der Waals surface area contributed by atoms with Crippen molar-refractivity contribution in [3.8, 4) is 5.75 Å². The van der Waals surface area contributed by atoms with Crippen LogP contribution in [0.15, 0.2) is 28.7 Å². The van der Waals surface area contributed by atoms with Crippen LogP contribution in [0.1, 0.15) is 26.5 Å². The van der Waals surface area contributed by atoms with E-state index in [0.717, 1.165) is 5.39 Å². The average Bonchev–Trinajstić information content (AvgIpc) is 2.72. The number of nitrogens with one attached hydrogen (secondary N) is 1. The first-order valence-electron chi connectivity index (χ1n) is 6.55. The zero-order chi connectivity index (χ0) is 14.8. The van der Waals surface area contributed by atoms with Crippen LogP contribution in [0.2, 0.25) is 0 Å². The number of fused-ring (bicyclic) bond motifs is 1. The minimum atomic E-state index is -0.282. The van der Waals surface area contributed by atoms with Crippen LogP contribution in [0, 0.1) is 0 Å². The van der Waals surface area contributed by atoms with E-state index in [4.69, 9.17) is 14.9 Å². The molecule has 2 aromatic rings. The Balaban J connectivity index is 2.15. The first kappa shape index (κ1) is 14.4. The number of nitrogens with two attached hydrogens (primary N) is 1. The van der Waals surface area contributed by atoms with Gasteiger partial charge in [0.15, 0.2) is 18.1 Å². The van der Waals surface area contributed by atoms with Crippen LogP contribution in [0.5, 0.6) is 5.75 Å². The Kier molecular flexibility index (Phi) is 3.99. The van der Waals surface area contributed by atoms with Crippen LogP contribution in [0.25, 0.3) is 11.0 Å². The molecule has 2 rings (SSSR count). The van der Waals surface area contributed by atoms with Gasteiger partial charge in [0.05, 0.1) is 11.9 Å². The van der Waals surface area contributed by atoms with E-state index in [1.807, 2.05) is 45.0 Å². The number of carbonyl (C=O) groups is 1. The Hall–Kier alpha value is -2.01. The highest BCUT2D eigenvalue weighted by molar-refractivity contribution is 5.86. The molecule has 0 unspecified atom stereocenters. The van der Waals surface area contributed by atoms with E-state index >= 15 is 0 Å². The minimum absolute atomic E-state index is 0.0617. The molecule has 108 valence electrons. The summed E-state index contributed by atoms with van der Waals surface area (Å²) in [6.45, 7) is 5.93. The van der Waals surface area contributed by atoms with Gasteiger partial charge in [-0.2, -0.15) is 0 Å². The number of hydrogen-bond acceptors (Lipinski definition) is 4. The van der Waals surface area contributed by atoms with Gasteiger partial charge in [-0.3, -0.25) is 4.79 Å². The molecule has 0 saturated carbocycles. The van der Waals surface area contributed by atoms with Gasteiger partial charge in [0, 0.05) is 5.54 Å². The third-order valence-electron chi connectivity index (χ3n) is 2.67. The molecule has 0 fully saturated rings. The molecule has 0 saturated heterocycles. The van der Waals surface area contributed by atoms with Crippen molar-refractivity contribution < 1.29 is 13.9 Å². The van der Waals surface area contributed by atoms with Crippen LogP contribution in [0.4, 0.5) is 0 Å². The molecule has 5 heteroatoms. The molecule has 1 aromatic carbocycles. The number of hydrogen-bond donors (Lipinski definition) is 2. The fourth-order valence-corrected chi connectivity index (χ4v) is 1.96. The Bertz CT molecular complexity index is 611. The second-order valence-corrected chi connectivity index (χ2v) is 5.64. The predicted molar refractivity (Wildman–Crippen MR) is 77.5 cm³/mol. The fraction of sp³-hybridized carbons (Fsp3) is 0.400. The zero-order valence-corrected chi connectivity index (χ0v) is 12.0. The number of rotatable bonds is 4. The summed E-state index contributed by atoms with van der Waals surface area (Å²) < 4.78 is 11.2.